The Labute approximate surface area is 218 Å². The van der Waals surface area contributed by atoms with Gasteiger partial charge in [-0.25, -0.2) is 18.2 Å². The number of thiazole rings is 1. The number of hydrogen-bond acceptors (Lipinski definition) is 8. The van der Waals surface area contributed by atoms with Crippen LogP contribution in [0.2, 0.25) is 0 Å². The summed E-state index contributed by atoms with van der Waals surface area (Å²) in [6.07, 6.45) is 3.35. The summed E-state index contributed by atoms with van der Waals surface area (Å²) in [6.45, 7) is 0.369. The molecular weight excluding hydrogens is 512 g/mol. The summed E-state index contributed by atoms with van der Waals surface area (Å²) >= 11 is 1.46. The lowest BCUT2D eigenvalue weighted by molar-refractivity contribution is -0.138. The van der Waals surface area contributed by atoms with Crippen molar-refractivity contribution in [2.75, 3.05) is 25.1 Å². The molecule has 0 bridgehead atoms. The van der Waals surface area contributed by atoms with Crippen LogP contribution >= 0.6 is 11.3 Å². The lowest BCUT2D eigenvalue weighted by Crippen LogP contribution is -2.29. The predicted octanol–water partition coefficient (Wildman–Crippen LogP) is 4.82. The Balaban J connectivity index is 1.39. The van der Waals surface area contributed by atoms with Crippen molar-refractivity contribution >= 4 is 49.3 Å². The molecule has 0 saturated heterocycles. The van der Waals surface area contributed by atoms with E-state index in [0.717, 1.165) is 15.8 Å². The molecule has 1 aromatic heterocycles. The standard InChI is InChI=1S/C27H24N2O6S2/c1-33-22-15-18(11-12-26(30)35-17-25-28-20-8-4-6-10-23(20)36-25)16-24(27(22)34-2)37(31,32)29-14-13-19-7-3-5-9-21(19)29/h3-12,15-16H,13-14,17H2,1-2H3/b12-11+. The van der Waals surface area contributed by atoms with Gasteiger partial charge in [0.2, 0.25) is 0 Å². The average molecular weight is 537 g/mol. The molecule has 1 aliphatic rings. The molecule has 2 heterocycles. The highest BCUT2D eigenvalue weighted by Gasteiger charge is 2.34. The third-order valence-electron chi connectivity index (χ3n) is 5.97. The Morgan fingerprint density at radius 3 is 2.65 bits per heavy atom. The summed E-state index contributed by atoms with van der Waals surface area (Å²) in [4.78, 5) is 16.8. The molecule has 0 N–H and O–H groups in total. The zero-order valence-electron chi connectivity index (χ0n) is 20.2. The number of methoxy groups -OCH3 is 2. The number of para-hydroxylation sites is 2. The van der Waals surface area contributed by atoms with Crippen LogP contribution in [0.25, 0.3) is 16.3 Å². The number of anilines is 1. The number of fused-ring (bicyclic) bond motifs is 2. The second kappa shape index (κ2) is 10.2. The molecule has 190 valence electrons. The summed E-state index contributed by atoms with van der Waals surface area (Å²) in [5.74, 6) is -0.243. The smallest absolute Gasteiger partial charge is 0.331 e. The van der Waals surface area contributed by atoms with Gasteiger partial charge in [0.1, 0.15) is 16.5 Å². The van der Waals surface area contributed by atoms with Gasteiger partial charge < -0.3 is 14.2 Å². The molecule has 10 heteroatoms. The Bertz CT molecular complexity index is 1580. The minimum Gasteiger partial charge on any atom is -0.493 e. The zero-order valence-corrected chi connectivity index (χ0v) is 21.8. The molecule has 3 aromatic carbocycles. The third kappa shape index (κ3) is 4.90. The topological polar surface area (TPSA) is 95.0 Å². The van der Waals surface area contributed by atoms with Crippen molar-refractivity contribution in [3.05, 3.63) is 82.9 Å². The molecule has 0 unspecified atom stereocenters. The minimum absolute atomic E-state index is 0.0441. The van der Waals surface area contributed by atoms with Gasteiger partial charge in [-0.3, -0.25) is 4.31 Å². The van der Waals surface area contributed by atoms with E-state index in [4.69, 9.17) is 14.2 Å². The van der Waals surface area contributed by atoms with E-state index in [0.29, 0.717) is 29.2 Å². The molecule has 0 spiro atoms. The quantitative estimate of drug-likeness (QED) is 0.235. The first kappa shape index (κ1) is 24.8. The van der Waals surface area contributed by atoms with E-state index in [2.05, 4.69) is 4.98 Å². The Morgan fingerprint density at radius 1 is 1.08 bits per heavy atom. The van der Waals surface area contributed by atoms with Crippen LogP contribution in [0.1, 0.15) is 16.1 Å². The molecule has 0 fully saturated rings. The number of aromatic nitrogens is 1. The van der Waals surface area contributed by atoms with Gasteiger partial charge in [-0.15, -0.1) is 11.3 Å². The van der Waals surface area contributed by atoms with E-state index < -0.39 is 16.0 Å². The Kier molecular flexibility index (Phi) is 6.86. The fourth-order valence-corrected chi connectivity index (χ4v) is 6.83. The third-order valence-corrected chi connectivity index (χ3v) is 8.80. The van der Waals surface area contributed by atoms with Gasteiger partial charge in [-0.05, 0) is 54.0 Å². The van der Waals surface area contributed by atoms with Gasteiger partial charge >= 0.3 is 5.97 Å². The molecule has 37 heavy (non-hydrogen) atoms. The van der Waals surface area contributed by atoms with Crippen molar-refractivity contribution in [2.24, 2.45) is 0 Å². The SMILES string of the molecule is COc1cc(/C=C/C(=O)OCc2nc3ccccc3s2)cc(S(=O)(=O)N2CCc3ccccc32)c1OC. The van der Waals surface area contributed by atoms with E-state index >= 15 is 0 Å². The molecule has 0 atom stereocenters. The number of benzene rings is 3. The minimum atomic E-state index is -3.98. The summed E-state index contributed by atoms with van der Waals surface area (Å²) in [5, 5.41) is 0.688. The van der Waals surface area contributed by atoms with E-state index in [1.54, 1.807) is 12.1 Å². The molecule has 0 radical (unpaired) electrons. The van der Waals surface area contributed by atoms with Crippen molar-refractivity contribution in [3.8, 4) is 11.5 Å². The largest absolute Gasteiger partial charge is 0.493 e. The molecule has 1 aliphatic heterocycles. The summed E-state index contributed by atoms with van der Waals surface area (Å²) in [5.41, 5.74) is 2.90. The fraction of sp³-hybridized carbons (Fsp3) is 0.185. The number of esters is 1. The van der Waals surface area contributed by atoms with Gasteiger partial charge in [0.25, 0.3) is 10.0 Å². The van der Waals surface area contributed by atoms with Crippen LogP contribution in [-0.4, -0.2) is 40.1 Å². The second-order valence-corrected chi connectivity index (χ2v) is 11.2. The monoisotopic (exact) mass is 536 g/mol. The van der Waals surface area contributed by atoms with E-state index in [-0.39, 0.29) is 23.0 Å². The van der Waals surface area contributed by atoms with Crippen molar-refractivity contribution in [1.29, 1.82) is 0 Å². The van der Waals surface area contributed by atoms with Crippen molar-refractivity contribution in [3.63, 3.8) is 0 Å². The van der Waals surface area contributed by atoms with Gasteiger partial charge in [0.05, 0.1) is 30.1 Å². The molecule has 0 amide bonds. The first-order valence-corrected chi connectivity index (χ1v) is 13.7. The van der Waals surface area contributed by atoms with Gasteiger partial charge in [-0.2, -0.15) is 0 Å². The van der Waals surface area contributed by atoms with Crippen LogP contribution < -0.4 is 13.8 Å². The number of ether oxygens (including phenoxy) is 3. The molecule has 5 rings (SSSR count). The zero-order chi connectivity index (χ0) is 26.0. The van der Waals surface area contributed by atoms with Gasteiger partial charge in [0.15, 0.2) is 11.5 Å². The van der Waals surface area contributed by atoms with Crippen LogP contribution in [0.15, 0.2) is 71.6 Å². The van der Waals surface area contributed by atoms with Crippen LogP contribution in [-0.2, 0) is 32.6 Å². The average Bonchev–Trinajstić information content (AvgIpc) is 3.54. The van der Waals surface area contributed by atoms with E-state index in [9.17, 15) is 13.2 Å². The highest BCUT2D eigenvalue weighted by molar-refractivity contribution is 7.93. The maximum Gasteiger partial charge on any atom is 0.331 e. The van der Waals surface area contributed by atoms with E-state index in [1.807, 2.05) is 42.5 Å². The molecule has 0 aliphatic carbocycles. The Morgan fingerprint density at radius 2 is 1.86 bits per heavy atom. The maximum absolute atomic E-state index is 13.7. The summed E-state index contributed by atoms with van der Waals surface area (Å²) in [7, 11) is -1.15. The van der Waals surface area contributed by atoms with Crippen molar-refractivity contribution < 1.29 is 27.4 Å². The first-order chi connectivity index (χ1) is 17.9. The van der Waals surface area contributed by atoms with Gasteiger partial charge in [-0.1, -0.05) is 30.3 Å². The molecular formula is C27H24N2O6S2. The number of carbonyl (C=O) groups excluding carboxylic acids is 1. The number of carbonyl (C=O) groups is 1. The van der Waals surface area contributed by atoms with Gasteiger partial charge in [0, 0.05) is 12.6 Å². The van der Waals surface area contributed by atoms with Crippen LogP contribution in [0, 0.1) is 0 Å². The highest BCUT2D eigenvalue weighted by Crippen LogP contribution is 2.40. The maximum atomic E-state index is 13.7. The predicted molar refractivity (Wildman–Crippen MR) is 143 cm³/mol. The highest BCUT2D eigenvalue weighted by atomic mass is 32.2. The summed E-state index contributed by atoms with van der Waals surface area (Å²) < 4.78 is 46.1. The lowest BCUT2D eigenvalue weighted by atomic mass is 10.2. The molecule has 4 aromatic rings. The van der Waals surface area contributed by atoms with Crippen LogP contribution in [0.3, 0.4) is 0 Å². The number of rotatable bonds is 8. The first-order valence-electron chi connectivity index (χ1n) is 11.5. The fourth-order valence-electron chi connectivity index (χ4n) is 4.24. The van der Waals surface area contributed by atoms with Crippen LogP contribution in [0.4, 0.5) is 5.69 Å². The summed E-state index contributed by atoms with van der Waals surface area (Å²) in [6, 6.07) is 18.2. The van der Waals surface area contributed by atoms with E-state index in [1.165, 1.54) is 48.1 Å². The lowest BCUT2D eigenvalue weighted by Gasteiger charge is -2.22. The Hall–Kier alpha value is -3.89. The number of sulfonamides is 1. The number of hydrogen-bond donors (Lipinski definition) is 0. The van der Waals surface area contributed by atoms with Crippen molar-refractivity contribution in [1.82, 2.24) is 4.98 Å². The van der Waals surface area contributed by atoms with Crippen LogP contribution in [0.5, 0.6) is 11.5 Å². The molecule has 8 nitrogen and oxygen atoms in total. The van der Waals surface area contributed by atoms with Crippen molar-refractivity contribution in [2.45, 2.75) is 17.9 Å². The normalized spacial score (nSPS) is 13.2. The molecule has 0 saturated carbocycles. The number of nitrogens with zero attached hydrogens (tertiary/aromatic N) is 2. The second-order valence-electron chi connectivity index (χ2n) is 8.23.